The van der Waals surface area contributed by atoms with Crippen molar-refractivity contribution in [2.24, 2.45) is 0 Å². The number of anilines is 1. The molecule has 3 rings (SSSR count). The summed E-state index contributed by atoms with van der Waals surface area (Å²) in [5.41, 5.74) is 1.51. The second kappa shape index (κ2) is 9.35. The van der Waals surface area contributed by atoms with Crippen LogP contribution in [0.5, 0.6) is 0 Å². The molecule has 3 aromatic rings. The molecule has 1 N–H and O–H groups in total. The summed E-state index contributed by atoms with van der Waals surface area (Å²) >= 11 is 2.35. The zero-order valence-electron chi connectivity index (χ0n) is 15.3. The minimum atomic E-state index is -0.568. The molecular formula is C20H16N2O5S2. The molecule has 0 spiro atoms. The highest BCUT2D eigenvalue weighted by atomic mass is 32.2. The molecule has 0 saturated carbocycles. The lowest BCUT2D eigenvalue weighted by Crippen LogP contribution is -2.08. The van der Waals surface area contributed by atoms with E-state index in [4.69, 9.17) is 4.74 Å². The Balaban J connectivity index is 2.21. The molecule has 0 aliphatic rings. The van der Waals surface area contributed by atoms with Crippen molar-refractivity contribution in [2.75, 3.05) is 11.9 Å². The van der Waals surface area contributed by atoms with E-state index >= 15 is 0 Å². The van der Waals surface area contributed by atoms with Crippen molar-refractivity contribution in [2.45, 2.75) is 16.0 Å². The molecule has 1 amide bonds. The highest BCUT2D eigenvalue weighted by Crippen LogP contribution is 2.49. The number of nitrogens with one attached hydrogen (secondary N) is 1. The molecule has 1 aromatic heterocycles. The number of hydrogen-bond donors (Lipinski definition) is 1. The number of amides is 1. The molecule has 0 atom stereocenters. The maximum absolute atomic E-state index is 12.7. The normalized spacial score (nSPS) is 10.4. The number of benzene rings is 2. The van der Waals surface area contributed by atoms with Gasteiger partial charge >= 0.3 is 5.97 Å². The van der Waals surface area contributed by atoms with Crippen molar-refractivity contribution in [3.8, 4) is 11.1 Å². The van der Waals surface area contributed by atoms with Crippen molar-refractivity contribution < 1.29 is 19.2 Å². The van der Waals surface area contributed by atoms with Gasteiger partial charge < -0.3 is 10.1 Å². The Hall–Kier alpha value is -3.17. The standard InChI is InChI=1S/C20H16N2O5S2/c1-2-27-19(24)17-16(13-8-4-3-5-9-13)20(29-18(17)21-12-23)28-15-11-7-6-10-14(15)22(25)26/h3-12H,2H2,1H3,(H,21,23). The number of carbonyl (C=O) groups excluding carboxylic acids is 2. The van der Waals surface area contributed by atoms with E-state index in [0.29, 0.717) is 26.1 Å². The smallest absolute Gasteiger partial charge is 0.341 e. The van der Waals surface area contributed by atoms with Crippen LogP contribution in [0.4, 0.5) is 10.7 Å². The van der Waals surface area contributed by atoms with Gasteiger partial charge in [-0.15, -0.1) is 11.3 Å². The molecule has 0 aliphatic heterocycles. The van der Waals surface area contributed by atoms with Gasteiger partial charge in [0.25, 0.3) is 5.69 Å². The van der Waals surface area contributed by atoms with Gasteiger partial charge in [0.2, 0.25) is 6.41 Å². The molecule has 0 radical (unpaired) electrons. The number of nitrogens with zero attached hydrogens (tertiary/aromatic N) is 1. The minimum Gasteiger partial charge on any atom is -0.462 e. The first-order valence-corrected chi connectivity index (χ1v) is 10.2. The highest BCUT2D eigenvalue weighted by molar-refractivity contribution is 8.01. The van der Waals surface area contributed by atoms with Gasteiger partial charge in [-0.2, -0.15) is 0 Å². The van der Waals surface area contributed by atoms with Gasteiger partial charge in [-0.05, 0) is 18.6 Å². The molecule has 0 bridgehead atoms. The van der Waals surface area contributed by atoms with Crippen molar-refractivity contribution >= 4 is 46.2 Å². The van der Waals surface area contributed by atoms with Gasteiger partial charge in [0.1, 0.15) is 10.6 Å². The van der Waals surface area contributed by atoms with Crippen LogP contribution in [0.15, 0.2) is 63.7 Å². The lowest BCUT2D eigenvalue weighted by molar-refractivity contribution is -0.387. The van der Waals surface area contributed by atoms with Crippen molar-refractivity contribution in [1.29, 1.82) is 0 Å². The highest BCUT2D eigenvalue weighted by Gasteiger charge is 2.27. The van der Waals surface area contributed by atoms with E-state index in [0.717, 1.165) is 5.56 Å². The Kier molecular flexibility index (Phi) is 6.63. The summed E-state index contributed by atoms with van der Waals surface area (Å²) in [6, 6.07) is 15.5. The van der Waals surface area contributed by atoms with Gasteiger partial charge in [-0.1, -0.05) is 54.2 Å². The minimum absolute atomic E-state index is 0.0347. The predicted molar refractivity (Wildman–Crippen MR) is 113 cm³/mol. The first-order valence-electron chi connectivity index (χ1n) is 8.57. The molecule has 1 heterocycles. The molecule has 0 fully saturated rings. The maximum Gasteiger partial charge on any atom is 0.341 e. The van der Waals surface area contributed by atoms with Crippen LogP contribution in [0.25, 0.3) is 11.1 Å². The average molecular weight is 428 g/mol. The first-order chi connectivity index (χ1) is 14.1. The number of esters is 1. The summed E-state index contributed by atoms with van der Waals surface area (Å²) in [5.74, 6) is -0.568. The van der Waals surface area contributed by atoms with Crippen LogP contribution in [-0.4, -0.2) is 23.9 Å². The van der Waals surface area contributed by atoms with Crippen LogP contribution in [-0.2, 0) is 9.53 Å². The molecule has 0 aliphatic carbocycles. The van der Waals surface area contributed by atoms with Gasteiger partial charge in [0.15, 0.2) is 0 Å². The van der Waals surface area contributed by atoms with Crippen LogP contribution in [0.3, 0.4) is 0 Å². The number of rotatable bonds is 8. The zero-order valence-corrected chi connectivity index (χ0v) is 16.9. The van der Waals surface area contributed by atoms with Crippen LogP contribution >= 0.6 is 23.1 Å². The van der Waals surface area contributed by atoms with Crippen LogP contribution in [0.1, 0.15) is 17.3 Å². The number of carbonyl (C=O) groups is 2. The molecular weight excluding hydrogens is 412 g/mol. The van der Waals surface area contributed by atoms with Crippen molar-refractivity contribution in [1.82, 2.24) is 0 Å². The fourth-order valence-corrected chi connectivity index (χ4v) is 5.20. The Labute approximate surface area is 174 Å². The molecule has 148 valence electrons. The number of ether oxygens (including phenoxy) is 1. The Morgan fingerprint density at radius 3 is 2.55 bits per heavy atom. The summed E-state index contributed by atoms with van der Waals surface area (Å²) in [5, 5.41) is 14.3. The summed E-state index contributed by atoms with van der Waals surface area (Å²) in [7, 11) is 0. The summed E-state index contributed by atoms with van der Waals surface area (Å²) < 4.78 is 5.83. The topological polar surface area (TPSA) is 98.5 Å². The second-order valence-corrected chi connectivity index (χ2v) is 7.98. The monoisotopic (exact) mass is 428 g/mol. The van der Waals surface area contributed by atoms with E-state index in [-0.39, 0.29) is 17.9 Å². The fourth-order valence-electron chi connectivity index (χ4n) is 2.70. The largest absolute Gasteiger partial charge is 0.462 e. The van der Waals surface area contributed by atoms with Crippen molar-refractivity contribution in [3.63, 3.8) is 0 Å². The number of para-hydroxylation sites is 1. The van der Waals surface area contributed by atoms with E-state index in [2.05, 4.69) is 5.32 Å². The second-order valence-electron chi connectivity index (χ2n) is 5.64. The Morgan fingerprint density at radius 1 is 1.21 bits per heavy atom. The fraction of sp³-hybridized carbons (Fsp3) is 0.100. The van der Waals surface area contributed by atoms with E-state index < -0.39 is 10.9 Å². The van der Waals surface area contributed by atoms with Crippen LogP contribution < -0.4 is 5.32 Å². The lowest BCUT2D eigenvalue weighted by atomic mass is 10.0. The summed E-state index contributed by atoms with van der Waals surface area (Å²) in [6.45, 7) is 1.87. The lowest BCUT2D eigenvalue weighted by Gasteiger charge is -2.08. The summed E-state index contributed by atoms with van der Waals surface area (Å²) in [6.07, 6.45) is 0.489. The molecule has 9 heteroatoms. The van der Waals surface area contributed by atoms with Crippen LogP contribution in [0.2, 0.25) is 0 Å². The zero-order chi connectivity index (χ0) is 20.8. The third kappa shape index (κ3) is 4.47. The number of nitro benzene ring substituents is 1. The van der Waals surface area contributed by atoms with Gasteiger partial charge in [-0.25, -0.2) is 4.79 Å². The molecule has 7 nitrogen and oxygen atoms in total. The van der Waals surface area contributed by atoms with E-state index in [9.17, 15) is 19.7 Å². The van der Waals surface area contributed by atoms with Gasteiger partial charge in [0, 0.05) is 11.6 Å². The number of hydrogen-bond acceptors (Lipinski definition) is 7. The quantitative estimate of drug-likeness (QED) is 0.229. The molecule has 0 saturated heterocycles. The van der Waals surface area contributed by atoms with E-state index in [1.165, 1.54) is 29.2 Å². The molecule has 0 unspecified atom stereocenters. The number of nitro groups is 1. The van der Waals surface area contributed by atoms with E-state index in [1.807, 2.05) is 30.3 Å². The molecule has 2 aromatic carbocycles. The van der Waals surface area contributed by atoms with Crippen molar-refractivity contribution in [3.05, 3.63) is 70.3 Å². The van der Waals surface area contributed by atoms with E-state index in [1.54, 1.807) is 25.1 Å². The predicted octanol–water partition coefficient (Wildman–Crippen LogP) is 5.22. The van der Waals surface area contributed by atoms with Crippen LogP contribution in [0, 0.1) is 10.1 Å². The number of thiophene rings is 1. The Bertz CT molecular complexity index is 1050. The maximum atomic E-state index is 12.7. The SMILES string of the molecule is CCOC(=O)c1c(NC=O)sc(Sc2ccccc2[N+](=O)[O-])c1-c1ccccc1. The third-order valence-electron chi connectivity index (χ3n) is 3.87. The summed E-state index contributed by atoms with van der Waals surface area (Å²) in [4.78, 5) is 35.2. The van der Waals surface area contributed by atoms with Gasteiger partial charge in [-0.3, -0.25) is 14.9 Å². The van der Waals surface area contributed by atoms with Gasteiger partial charge in [0.05, 0.1) is 20.6 Å². The molecule has 29 heavy (non-hydrogen) atoms. The Morgan fingerprint density at radius 2 is 1.90 bits per heavy atom. The third-order valence-corrected chi connectivity index (χ3v) is 6.24. The average Bonchev–Trinajstić information content (AvgIpc) is 3.07. The first kappa shape index (κ1) is 20.6.